The van der Waals surface area contributed by atoms with Gasteiger partial charge in [0.15, 0.2) is 17.3 Å². The summed E-state index contributed by atoms with van der Waals surface area (Å²) in [6.07, 6.45) is 5.87. The van der Waals surface area contributed by atoms with Gasteiger partial charge in [-0.3, -0.25) is 9.97 Å². The molecule has 3 aromatic rings. The number of rotatable bonds is 3. The first-order valence-electron chi connectivity index (χ1n) is 7.32. The predicted molar refractivity (Wildman–Crippen MR) is 85.1 cm³/mol. The summed E-state index contributed by atoms with van der Waals surface area (Å²) < 4.78 is 6.91. The molecule has 8 nitrogen and oxygen atoms in total. The maximum atomic E-state index is 12.1. The van der Waals surface area contributed by atoms with Gasteiger partial charge in [-0.05, 0) is 27.7 Å². The van der Waals surface area contributed by atoms with Crippen LogP contribution in [-0.2, 0) is 0 Å². The molecule has 24 heavy (non-hydrogen) atoms. The quantitative estimate of drug-likeness (QED) is 0.679. The summed E-state index contributed by atoms with van der Waals surface area (Å²) in [4.78, 5) is 28.8. The SMILES string of the molecule is Cc1nn(-c2nc(C)c(C)nc2C)cc1OC(=O)c1cnccn1. The van der Waals surface area contributed by atoms with Crippen molar-refractivity contribution < 1.29 is 9.53 Å². The highest BCUT2D eigenvalue weighted by molar-refractivity contribution is 5.88. The predicted octanol–water partition coefficient (Wildman–Crippen LogP) is 1.91. The number of ether oxygens (including phenoxy) is 1. The van der Waals surface area contributed by atoms with Crippen LogP contribution in [-0.4, -0.2) is 35.7 Å². The fourth-order valence-corrected chi connectivity index (χ4v) is 2.13. The Bertz CT molecular complexity index is 904. The minimum Gasteiger partial charge on any atom is -0.418 e. The van der Waals surface area contributed by atoms with Crippen LogP contribution in [0.3, 0.4) is 0 Å². The van der Waals surface area contributed by atoms with Crippen LogP contribution in [0.2, 0.25) is 0 Å². The Labute approximate surface area is 138 Å². The zero-order valence-electron chi connectivity index (χ0n) is 13.8. The van der Waals surface area contributed by atoms with Crippen molar-refractivity contribution in [3.63, 3.8) is 0 Å². The molecule has 8 heteroatoms. The molecule has 0 atom stereocenters. The van der Waals surface area contributed by atoms with Gasteiger partial charge in [0.25, 0.3) is 0 Å². The van der Waals surface area contributed by atoms with E-state index in [2.05, 4.69) is 25.0 Å². The summed E-state index contributed by atoms with van der Waals surface area (Å²) in [7, 11) is 0. The van der Waals surface area contributed by atoms with Gasteiger partial charge in [0.05, 0.1) is 29.5 Å². The van der Waals surface area contributed by atoms with E-state index in [0.29, 0.717) is 17.3 Å². The summed E-state index contributed by atoms with van der Waals surface area (Å²) in [6.45, 7) is 7.40. The number of aromatic nitrogens is 6. The molecule has 3 heterocycles. The Morgan fingerprint density at radius 1 is 1.00 bits per heavy atom. The molecule has 0 radical (unpaired) electrons. The lowest BCUT2D eigenvalue weighted by atomic mass is 10.3. The Hall–Kier alpha value is -3.16. The Kier molecular flexibility index (Phi) is 4.03. The average molecular weight is 324 g/mol. The highest BCUT2D eigenvalue weighted by Gasteiger charge is 2.17. The van der Waals surface area contributed by atoms with E-state index in [4.69, 9.17) is 4.74 Å². The van der Waals surface area contributed by atoms with Gasteiger partial charge in [0.2, 0.25) is 0 Å². The van der Waals surface area contributed by atoms with Gasteiger partial charge in [0.1, 0.15) is 5.69 Å². The Balaban J connectivity index is 1.91. The lowest BCUT2D eigenvalue weighted by molar-refractivity contribution is 0.0726. The maximum Gasteiger partial charge on any atom is 0.364 e. The highest BCUT2D eigenvalue weighted by Crippen LogP contribution is 2.20. The van der Waals surface area contributed by atoms with Crippen molar-refractivity contribution in [2.45, 2.75) is 27.7 Å². The smallest absolute Gasteiger partial charge is 0.364 e. The van der Waals surface area contributed by atoms with Crippen molar-refractivity contribution in [2.24, 2.45) is 0 Å². The summed E-state index contributed by atoms with van der Waals surface area (Å²) in [6, 6.07) is 0. The van der Waals surface area contributed by atoms with Crippen LogP contribution in [0.4, 0.5) is 0 Å². The van der Waals surface area contributed by atoms with E-state index in [1.54, 1.807) is 17.8 Å². The van der Waals surface area contributed by atoms with Crippen molar-refractivity contribution in [3.8, 4) is 11.6 Å². The van der Waals surface area contributed by atoms with Crippen molar-refractivity contribution in [1.82, 2.24) is 29.7 Å². The van der Waals surface area contributed by atoms with E-state index in [1.807, 2.05) is 20.8 Å². The molecule has 0 aliphatic carbocycles. The third kappa shape index (κ3) is 2.98. The molecule has 0 aliphatic heterocycles. The zero-order chi connectivity index (χ0) is 17.3. The second-order valence-electron chi connectivity index (χ2n) is 5.31. The van der Waals surface area contributed by atoms with Gasteiger partial charge in [0, 0.05) is 12.4 Å². The van der Waals surface area contributed by atoms with Crippen LogP contribution >= 0.6 is 0 Å². The largest absolute Gasteiger partial charge is 0.418 e. The van der Waals surface area contributed by atoms with Gasteiger partial charge in [-0.25, -0.2) is 19.4 Å². The van der Waals surface area contributed by atoms with E-state index in [1.165, 1.54) is 18.6 Å². The zero-order valence-corrected chi connectivity index (χ0v) is 13.8. The number of carbonyl (C=O) groups is 1. The first kappa shape index (κ1) is 15.7. The van der Waals surface area contributed by atoms with E-state index >= 15 is 0 Å². The maximum absolute atomic E-state index is 12.1. The second-order valence-corrected chi connectivity index (χ2v) is 5.31. The minimum atomic E-state index is -0.589. The molecule has 0 fully saturated rings. The van der Waals surface area contributed by atoms with E-state index in [0.717, 1.165) is 17.1 Å². The first-order valence-corrected chi connectivity index (χ1v) is 7.32. The topological polar surface area (TPSA) is 95.7 Å². The molecular formula is C16H16N6O2. The van der Waals surface area contributed by atoms with Crippen molar-refractivity contribution in [3.05, 3.63) is 53.3 Å². The molecule has 0 aliphatic rings. The van der Waals surface area contributed by atoms with Crippen molar-refractivity contribution in [2.75, 3.05) is 0 Å². The van der Waals surface area contributed by atoms with Gasteiger partial charge in [-0.1, -0.05) is 0 Å². The van der Waals surface area contributed by atoms with Crippen LogP contribution in [0.15, 0.2) is 24.8 Å². The van der Waals surface area contributed by atoms with Gasteiger partial charge in [-0.2, -0.15) is 5.10 Å². The number of nitrogens with zero attached hydrogens (tertiary/aromatic N) is 6. The number of aryl methyl sites for hydroxylation is 4. The Morgan fingerprint density at radius 2 is 1.75 bits per heavy atom. The molecular weight excluding hydrogens is 308 g/mol. The molecule has 0 unspecified atom stereocenters. The third-order valence-electron chi connectivity index (χ3n) is 3.50. The third-order valence-corrected chi connectivity index (χ3v) is 3.50. The highest BCUT2D eigenvalue weighted by atomic mass is 16.5. The molecule has 0 amide bonds. The molecule has 0 bridgehead atoms. The fraction of sp³-hybridized carbons (Fsp3) is 0.250. The van der Waals surface area contributed by atoms with Crippen molar-refractivity contribution in [1.29, 1.82) is 0 Å². The first-order chi connectivity index (χ1) is 11.5. The van der Waals surface area contributed by atoms with Gasteiger partial charge in [-0.15, -0.1) is 0 Å². The molecule has 0 saturated carbocycles. The fourth-order valence-electron chi connectivity index (χ4n) is 2.13. The summed E-state index contributed by atoms with van der Waals surface area (Å²) in [5.41, 5.74) is 3.13. The molecule has 0 aromatic carbocycles. The van der Waals surface area contributed by atoms with Crippen LogP contribution in [0.5, 0.6) is 5.75 Å². The lowest BCUT2D eigenvalue weighted by Gasteiger charge is -2.07. The van der Waals surface area contributed by atoms with Crippen LogP contribution in [0.1, 0.15) is 33.3 Å². The van der Waals surface area contributed by atoms with Gasteiger partial charge >= 0.3 is 5.97 Å². The van der Waals surface area contributed by atoms with E-state index < -0.39 is 5.97 Å². The van der Waals surface area contributed by atoms with E-state index in [9.17, 15) is 4.79 Å². The number of hydrogen-bond donors (Lipinski definition) is 0. The molecule has 3 rings (SSSR count). The number of carbonyl (C=O) groups excluding carboxylic acids is 1. The Morgan fingerprint density at radius 3 is 2.46 bits per heavy atom. The van der Waals surface area contributed by atoms with Crippen LogP contribution in [0, 0.1) is 27.7 Å². The van der Waals surface area contributed by atoms with Crippen molar-refractivity contribution >= 4 is 5.97 Å². The lowest BCUT2D eigenvalue weighted by Crippen LogP contribution is -2.10. The monoisotopic (exact) mass is 324 g/mol. The minimum absolute atomic E-state index is 0.131. The molecule has 0 saturated heterocycles. The average Bonchev–Trinajstić information content (AvgIpc) is 2.92. The molecule has 3 aromatic heterocycles. The summed E-state index contributed by atoms with van der Waals surface area (Å²) in [5, 5.41) is 4.36. The number of hydrogen-bond acceptors (Lipinski definition) is 7. The normalized spacial score (nSPS) is 10.7. The molecule has 0 N–H and O–H groups in total. The van der Waals surface area contributed by atoms with E-state index in [-0.39, 0.29) is 5.69 Å². The van der Waals surface area contributed by atoms with Crippen LogP contribution < -0.4 is 4.74 Å². The second kappa shape index (κ2) is 6.15. The summed E-state index contributed by atoms with van der Waals surface area (Å²) >= 11 is 0. The number of esters is 1. The van der Waals surface area contributed by atoms with Gasteiger partial charge < -0.3 is 4.74 Å². The molecule has 0 spiro atoms. The summed E-state index contributed by atoms with van der Waals surface area (Å²) in [5.74, 6) is 0.349. The van der Waals surface area contributed by atoms with Crippen LogP contribution in [0.25, 0.3) is 5.82 Å². The molecule has 122 valence electrons. The standard InChI is InChI=1S/C16H16N6O2/c1-9-10(2)20-15(12(4)19-9)22-8-14(11(3)21-22)24-16(23)13-7-17-5-6-18-13/h5-8H,1-4H3.